The first kappa shape index (κ1) is 15.0. The zero-order valence-electron chi connectivity index (χ0n) is 13.0. The van der Waals surface area contributed by atoms with Crippen molar-refractivity contribution in [2.24, 2.45) is 0 Å². The highest BCUT2D eigenvalue weighted by Gasteiger charge is 2.49. The van der Waals surface area contributed by atoms with E-state index in [1.54, 1.807) is 0 Å². The number of anilines is 1. The van der Waals surface area contributed by atoms with Gasteiger partial charge in [0.25, 0.3) is 0 Å². The molecule has 24 heavy (non-hydrogen) atoms. The monoisotopic (exact) mass is 333 g/mol. The van der Waals surface area contributed by atoms with Crippen molar-refractivity contribution in [1.29, 1.82) is 0 Å². The number of amides is 1. The molecule has 1 aliphatic rings. The summed E-state index contributed by atoms with van der Waals surface area (Å²) in [5, 5.41) is 0.701. The Kier molecular flexibility index (Phi) is 3.83. The zero-order chi connectivity index (χ0) is 16.5. The average Bonchev–Trinajstić information content (AvgIpc) is 2.62. The van der Waals surface area contributed by atoms with Crippen LogP contribution in [0.15, 0.2) is 84.9 Å². The lowest BCUT2D eigenvalue weighted by atomic mass is 9.77. The van der Waals surface area contributed by atoms with Gasteiger partial charge in [0.05, 0.1) is 12.0 Å². The molecule has 0 spiro atoms. The highest BCUT2D eigenvalue weighted by Crippen LogP contribution is 2.48. The summed E-state index contributed by atoms with van der Waals surface area (Å²) < 4.78 is 0. The lowest BCUT2D eigenvalue weighted by Crippen LogP contribution is -2.53. The van der Waals surface area contributed by atoms with Crippen molar-refractivity contribution in [2.45, 2.75) is 12.0 Å². The average molecular weight is 334 g/mol. The minimum atomic E-state index is -0.160. The van der Waals surface area contributed by atoms with Crippen molar-refractivity contribution in [1.82, 2.24) is 0 Å². The number of benzene rings is 3. The van der Waals surface area contributed by atoms with Crippen molar-refractivity contribution in [3.05, 3.63) is 101 Å². The molecular formula is C21H16ClNO. The lowest BCUT2D eigenvalue weighted by molar-refractivity contribution is -0.126. The summed E-state index contributed by atoms with van der Waals surface area (Å²) in [6.07, 6.45) is 0. The quantitative estimate of drug-likeness (QED) is 0.602. The van der Waals surface area contributed by atoms with Crippen LogP contribution in [0, 0.1) is 0 Å². The van der Waals surface area contributed by atoms with E-state index in [9.17, 15) is 4.79 Å². The molecule has 0 unspecified atom stereocenters. The second-order valence-electron chi connectivity index (χ2n) is 5.93. The summed E-state index contributed by atoms with van der Waals surface area (Å²) in [7, 11) is 0. The van der Waals surface area contributed by atoms with Crippen LogP contribution in [0.1, 0.15) is 23.1 Å². The van der Waals surface area contributed by atoms with Crippen LogP contribution < -0.4 is 4.90 Å². The molecule has 0 aliphatic carbocycles. The third-order valence-corrected chi connectivity index (χ3v) is 4.75. The first-order valence-electron chi connectivity index (χ1n) is 7.94. The molecule has 1 amide bonds. The van der Waals surface area contributed by atoms with Gasteiger partial charge in [0, 0.05) is 10.7 Å². The van der Waals surface area contributed by atoms with Crippen molar-refractivity contribution in [2.75, 3.05) is 4.90 Å². The molecule has 2 nitrogen and oxygen atoms in total. The molecule has 118 valence electrons. The standard InChI is InChI=1S/C21H16ClNO/c22-17-13-11-16(12-14-17)20-19(15-7-3-1-4-8-15)21(24)23(20)18-9-5-2-6-10-18/h1-14,19-20H/t19-,20-/m1/s1. The molecule has 1 saturated heterocycles. The summed E-state index contributed by atoms with van der Waals surface area (Å²) in [5.41, 5.74) is 3.07. The van der Waals surface area contributed by atoms with Crippen LogP contribution in [0.2, 0.25) is 5.02 Å². The zero-order valence-corrected chi connectivity index (χ0v) is 13.7. The SMILES string of the molecule is O=C1[C@H](c2ccccc2)[C@@H](c2ccc(Cl)cc2)N1c1ccccc1. The first-order valence-corrected chi connectivity index (χ1v) is 8.32. The van der Waals surface area contributed by atoms with E-state index in [0.717, 1.165) is 16.8 Å². The minimum absolute atomic E-state index is 0.0143. The number of hydrogen-bond acceptors (Lipinski definition) is 1. The van der Waals surface area contributed by atoms with E-state index in [1.807, 2.05) is 89.8 Å². The van der Waals surface area contributed by atoms with Crippen LogP contribution in [0.4, 0.5) is 5.69 Å². The second-order valence-corrected chi connectivity index (χ2v) is 6.36. The van der Waals surface area contributed by atoms with Crippen LogP contribution >= 0.6 is 11.6 Å². The number of para-hydroxylation sites is 1. The van der Waals surface area contributed by atoms with Gasteiger partial charge >= 0.3 is 0 Å². The van der Waals surface area contributed by atoms with Crippen molar-refractivity contribution < 1.29 is 4.79 Å². The van der Waals surface area contributed by atoms with Gasteiger partial charge in [0.1, 0.15) is 0 Å². The molecule has 0 bridgehead atoms. The van der Waals surface area contributed by atoms with Gasteiger partial charge in [-0.15, -0.1) is 0 Å². The fourth-order valence-electron chi connectivity index (χ4n) is 3.35. The van der Waals surface area contributed by atoms with Crippen LogP contribution in [0.25, 0.3) is 0 Å². The number of carbonyl (C=O) groups is 1. The summed E-state index contributed by atoms with van der Waals surface area (Å²) in [5.74, 6) is -0.0278. The maximum atomic E-state index is 12.9. The van der Waals surface area contributed by atoms with E-state index in [4.69, 9.17) is 11.6 Å². The third kappa shape index (κ3) is 2.49. The largest absolute Gasteiger partial charge is 0.303 e. The first-order chi connectivity index (χ1) is 11.8. The molecule has 1 heterocycles. The normalized spacial score (nSPS) is 19.9. The lowest BCUT2D eigenvalue weighted by Gasteiger charge is -2.47. The highest BCUT2D eigenvalue weighted by atomic mass is 35.5. The fraction of sp³-hybridized carbons (Fsp3) is 0.0952. The van der Waals surface area contributed by atoms with E-state index in [-0.39, 0.29) is 17.9 Å². The number of carbonyl (C=O) groups excluding carboxylic acids is 1. The van der Waals surface area contributed by atoms with Crippen molar-refractivity contribution in [3.63, 3.8) is 0 Å². The van der Waals surface area contributed by atoms with Gasteiger partial charge in [0.2, 0.25) is 5.91 Å². The van der Waals surface area contributed by atoms with Crippen LogP contribution in [-0.2, 0) is 4.79 Å². The van der Waals surface area contributed by atoms with E-state index in [0.29, 0.717) is 5.02 Å². The van der Waals surface area contributed by atoms with Crippen LogP contribution in [0.3, 0.4) is 0 Å². The molecule has 0 N–H and O–H groups in total. The molecule has 3 aromatic carbocycles. The molecule has 2 atom stereocenters. The third-order valence-electron chi connectivity index (χ3n) is 4.50. The smallest absolute Gasteiger partial charge is 0.237 e. The number of halogens is 1. The highest BCUT2D eigenvalue weighted by molar-refractivity contribution is 6.30. The Morgan fingerprint density at radius 2 is 1.29 bits per heavy atom. The predicted octanol–water partition coefficient (Wildman–Crippen LogP) is 5.21. The maximum Gasteiger partial charge on any atom is 0.237 e. The topological polar surface area (TPSA) is 20.3 Å². The van der Waals surface area contributed by atoms with Gasteiger partial charge in [-0.1, -0.05) is 72.3 Å². The summed E-state index contributed by atoms with van der Waals surface area (Å²) in [6, 6.07) is 27.5. The molecule has 3 aromatic rings. The van der Waals surface area contributed by atoms with Gasteiger partial charge < -0.3 is 4.90 Å². The van der Waals surface area contributed by atoms with Crippen LogP contribution in [-0.4, -0.2) is 5.91 Å². The van der Waals surface area contributed by atoms with Gasteiger partial charge in [-0.3, -0.25) is 4.79 Å². The Hall–Kier alpha value is -2.58. The summed E-state index contributed by atoms with van der Waals surface area (Å²) in [4.78, 5) is 14.8. The molecule has 0 aromatic heterocycles. The Labute approximate surface area is 146 Å². The van der Waals surface area contributed by atoms with Crippen molar-refractivity contribution >= 4 is 23.2 Å². The van der Waals surface area contributed by atoms with Gasteiger partial charge in [0.15, 0.2) is 0 Å². The molecule has 1 aliphatic heterocycles. The molecule has 1 fully saturated rings. The molecule has 0 saturated carbocycles. The number of β-lactam (4-membered cyclic amide) rings is 1. The number of hydrogen-bond donors (Lipinski definition) is 0. The predicted molar refractivity (Wildman–Crippen MR) is 97.3 cm³/mol. The van der Waals surface area contributed by atoms with E-state index >= 15 is 0 Å². The summed E-state index contributed by atoms with van der Waals surface area (Å²) >= 11 is 6.03. The summed E-state index contributed by atoms with van der Waals surface area (Å²) in [6.45, 7) is 0. The Morgan fingerprint density at radius 3 is 1.92 bits per heavy atom. The molecule has 3 heteroatoms. The van der Waals surface area contributed by atoms with Crippen LogP contribution in [0.5, 0.6) is 0 Å². The molecule has 4 rings (SSSR count). The second kappa shape index (κ2) is 6.14. The Bertz CT molecular complexity index is 797. The Morgan fingerprint density at radius 1 is 0.708 bits per heavy atom. The molecule has 0 radical (unpaired) electrons. The van der Waals surface area contributed by atoms with E-state index in [2.05, 4.69) is 0 Å². The maximum absolute atomic E-state index is 12.9. The Balaban J connectivity index is 1.78. The van der Waals surface area contributed by atoms with Gasteiger partial charge in [-0.2, -0.15) is 0 Å². The molecular weight excluding hydrogens is 318 g/mol. The van der Waals surface area contributed by atoms with Gasteiger partial charge in [-0.05, 0) is 35.4 Å². The van der Waals surface area contributed by atoms with E-state index < -0.39 is 0 Å². The number of rotatable bonds is 3. The minimum Gasteiger partial charge on any atom is -0.303 e. The fourth-order valence-corrected chi connectivity index (χ4v) is 3.48. The van der Waals surface area contributed by atoms with Gasteiger partial charge in [-0.25, -0.2) is 0 Å². The van der Waals surface area contributed by atoms with Crippen molar-refractivity contribution in [3.8, 4) is 0 Å². The van der Waals surface area contributed by atoms with E-state index in [1.165, 1.54) is 0 Å². The number of nitrogens with zero attached hydrogens (tertiary/aromatic N) is 1.